The highest BCUT2D eigenvalue weighted by Gasteiger charge is 2.17. The molecule has 0 bridgehead atoms. The van der Waals surface area contributed by atoms with Gasteiger partial charge in [0.25, 0.3) is 0 Å². The van der Waals surface area contributed by atoms with Crippen molar-refractivity contribution in [2.24, 2.45) is 0 Å². The van der Waals surface area contributed by atoms with Crippen LogP contribution in [-0.2, 0) is 0 Å². The minimum atomic E-state index is -0.694. The number of aromatic nitrogens is 2. The maximum atomic E-state index is 13.6. The van der Waals surface area contributed by atoms with Crippen LogP contribution >= 0.6 is 0 Å². The Balaban J connectivity index is 1.63. The van der Waals surface area contributed by atoms with Crippen LogP contribution in [0, 0.1) is 11.6 Å². The van der Waals surface area contributed by atoms with Gasteiger partial charge in [0.15, 0.2) is 5.82 Å². The van der Waals surface area contributed by atoms with E-state index < -0.39 is 11.6 Å². The average molecular weight is 412 g/mol. The number of anilines is 1. The zero-order valence-electron chi connectivity index (χ0n) is 16.5. The van der Waals surface area contributed by atoms with Crippen LogP contribution in [0.5, 0.6) is 17.4 Å². The lowest BCUT2D eigenvalue weighted by atomic mass is 10.2. The Bertz CT molecular complexity index is 988. The van der Waals surface area contributed by atoms with E-state index in [0.29, 0.717) is 29.8 Å². The van der Waals surface area contributed by atoms with Crippen molar-refractivity contribution in [2.45, 2.75) is 18.9 Å². The summed E-state index contributed by atoms with van der Waals surface area (Å²) in [6.07, 6.45) is 3.80. The molecule has 1 aliphatic rings. The van der Waals surface area contributed by atoms with Gasteiger partial charge in [0.2, 0.25) is 5.88 Å². The number of halogens is 2. The Labute approximate surface area is 173 Å². The van der Waals surface area contributed by atoms with Gasteiger partial charge in [-0.1, -0.05) is 0 Å². The summed E-state index contributed by atoms with van der Waals surface area (Å²) in [6, 6.07) is 10.6. The zero-order valence-corrected chi connectivity index (χ0v) is 16.5. The average Bonchev–Trinajstić information content (AvgIpc) is 3.26. The smallest absolute Gasteiger partial charge is 0.246 e. The number of methoxy groups -OCH3 is 1. The van der Waals surface area contributed by atoms with E-state index in [1.54, 1.807) is 37.6 Å². The van der Waals surface area contributed by atoms with Crippen molar-refractivity contribution in [3.8, 4) is 28.8 Å². The minimum Gasteiger partial charge on any atom is -0.497 e. The second-order valence-electron chi connectivity index (χ2n) is 7.02. The molecule has 1 fully saturated rings. The molecule has 0 radical (unpaired) electrons. The Morgan fingerprint density at radius 2 is 1.83 bits per heavy atom. The van der Waals surface area contributed by atoms with Gasteiger partial charge >= 0.3 is 0 Å². The number of hydrogen-bond acceptors (Lipinski definition) is 6. The number of rotatable bonds is 7. The molecule has 8 heteroatoms. The first kappa shape index (κ1) is 20.0. The molecule has 0 saturated carbocycles. The fourth-order valence-electron chi connectivity index (χ4n) is 3.31. The first-order valence-corrected chi connectivity index (χ1v) is 9.73. The SMILES string of the molecule is COc1ccc(Oc2nc(-c3cc(F)cc(F)c3)ncc2NC[C@@H]2CCCN2)cc1. The molecular formula is C22H22F2N4O2. The van der Waals surface area contributed by atoms with E-state index in [1.165, 1.54) is 12.1 Å². The van der Waals surface area contributed by atoms with Gasteiger partial charge in [-0.2, -0.15) is 4.98 Å². The summed E-state index contributed by atoms with van der Waals surface area (Å²) in [4.78, 5) is 8.71. The summed E-state index contributed by atoms with van der Waals surface area (Å²) < 4.78 is 38.4. The second kappa shape index (κ2) is 9.04. The van der Waals surface area contributed by atoms with Crippen molar-refractivity contribution in [2.75, 3.05) is 25.5 Å². The first-order valence-electron chi connectivity index (χ1n) is 9.73. The first-order chi connectivity index (χ1) is 14.6. The van der Waals surface area contributed by atoms with E-state index in [4.69, 9.17) is 9.47 Å². The minimum absolute atomic E-state index is 0.168. The molecule has 30 heavy (non-hydrogen) atoms. The highest BCUT2D eigenvalue weighted by atomic mass is 19.1. The standard InChI is InChI=1S/C22H22F2N4O2/c1-29-18-4-6-19(7-5-18)30-22-20(26-12-17-3-2-8-25-17)13-27-21(28-22)14-9-15(23)11-16(24)10-14/h4-7,9-11,13,17,25-26H,2-3,8,12H2,1H3/t17-/m0/s1. The van der Waals surface area contributed by atoms with Gasteiger partial charge in [-0.3, -0.25) is 0 Å². The van der Waals surface area contributed by atoms with Crippen LogP contribution in [0.15, 0.2) is 48.7 Å². The maximum absolute atomic E-state index is 13.6. The van der Waals surface area contributed by atoms with Crippen LogP contribution < -0.4 is 20.1 Å². The van der Waals surface area contributed by atoms with Crippen LogP contribution in [0.2, 0.25) is 0 Å². The van der Waals surface area contributed by atoms with Crippen molar-refractivity contribution in [1.82, 2.24) is 15.3 Å². The molecule has 6 nitrogen and oxygen atoms in total. The number of benzene rings is 2. The third kappa shape index (κ3) is 4.83. The maximum Gasteiger partial charge on any atom is 0.246 e. The second-order valence-corrected chi connectivity index (χ2v) is 7.02. The topological polar surface area (TPSA) is 68.3 Å². The summed E-state index contributed by atoms with van der Waals surface area (Å²) in [5, 5.41) is 6.73. The normalized spacial score (nSPS) is 15.8. The third-order valence-corrected chi connectivity index (χ3v) is 4.85. The quantitative estimate of drug-likeness (QED) is 0.600. The molecule has 0 unspecified atom stereocenters. The van der Waals surface area contributed by atoms with Gasteiger partial charge in [0, 0.05) is 24.2 Å². The Kier molecular flexibility index (Phi) is 6.04. The largest absolute Gasteiger partial charge is 0.497 e. The predicted octanol–water partition coefficient (Wildman–Crippen LogP) is 4.39. The molecule has 2 heterocycles. The van der Waals surface area contributed by atoms with Crippen LogP contribution in [0.4, 0.5) is 14.5 Å². The van der Waals surface area contributed by atoms with E-state index in [9.17, 15) is 8.78 Å². The molecule has 156 valence electrons. The number of nitrogens with zero attached hydrogens (tertiary/aromatic N) is 2. The molecule has 1 saturated heterocycles. The van der Waals surface area contributed by atoms with Crippen LogP contribution in [0.1, 0.15) is 12.8 Å². The summed E-state index contributed by atoms with van der Waals surface area (Å²) in [6.45, 7) is 1.69. The molecular weight excluding hydrogens is 390 g/mol. The molecule has 1 aromatic heterocycles. The van der Waals surface area contributed by atoms with Gasteiger partial charge in [-0.15, -0.1) is 0 Å². The molecule has 0 amide bonds. The van der Waals surface area contributed by atoms with Gasteiger partial charge in [-0.05, 0) is 55.8 Å². The van der Waals surface area contributed by atoms with Gasteiger partial charge < -0.3 is 20.1 Å². The fourth-order valence-corrected chi connectivity index (χ4v) is 3.31. The highest BCUT2D eigenvalue weighted by Crippen LogP contribution is 2.31. The predicted molar refractivity (Wildman–Crippen MR) is 110 cm³/mol. The molecule has 1 aliphatic heterocycles. The number of ether oxygens (including phenoxy) is 2. The molecule has 0 aliphatic carbocycles. The molecule has 2 N–H and O–H groups in total. The lowest BCUT2D eigenvalue weighted by Gasteiger charge is -2.16. The lowest BCUT2D eigenvalue weighted by molar-refractivity contribution is 0.412. The Hall–Kier alpha value is -3.26. The van der Waals surface area contributed by atoms with Crippen molar-refractivity contribution in [3.63, 3.8) is 0 Å². The van der Waals surface area contributed by atoms with E-state index in [2.05, 4.69) is 20.6 Å². The summed E-state index contributed by atoms with van der Waals surface area (Å²) in [5.41, 5.74) is 0.830. The highest BCUT2D eigenvalue weighted by molar-refractivity contribution is 5.61. The van der Waals surface area contributed by atoms with Crippen LogP contribution in [0.25, 0.3) is 11.4 Å². The van der Waals surface area contributed by atoms with E-state index in [-0.39, 0.29) is 17.3 Å². The van der Waals surface area contributed by atoms with Gasteiger partial charge in [0.05, 0.1) is 13.3 Å². The molecule has 0 spiro atoms. The van der Waals surface area contributed by atoms with Crippen molar-refractivity contribution >= 4 is 5.69 Å². The Morgan fingerprint density at radius 1 is 1.10 bits per heavy atom. The molecule has 3 aromatic rings. The zero-order chi connectivity index (χ0) is 20.9. The lowest BCUT2D eigenvalue weighted by Crippen LogP contribution is -2.29. The monoisotopic (exact) mass is 412 g/mol. The molecule has 4 rings (SSSR count). The molecule has 1 atom stereocenters. The summed E-state index contributed by atoms with van der Waals surface area (Å²) in [5.74, 6) is 0.301. The van der Waals surface area contributed by atoms with Crippen molar-refractivity contribution in [3.05, 3.63) is 60.3 Å². The molecule has 2 aromatic carbocycles. The summed E-state index contributed by atoms with van der Waals surface area (Å²) >= 11 is 0. The fraction of sp³-hybridized carbons (Fsp3) is 0.273. The van der Waals surface area contributed by atoms with E-state index in [1.807, 2.05) is 0 Å². The number of nitrogens with one attached hydrogen (secondary N) is 2. The van der Waals surface area contributed by atoms with Crippen LogP contribution in [-0.4, -0.2) is 36.2 Å². The van der Waals surface area contributed by atoms with Gasteiger partial charge in [-0.25, -0.2) is 13.8 Å². The van der Waals surface area contributed by atoms with E-state index in [0.717, 1.165) is 25.5 Å². The van der Waals surface area contributed by atoms with Crippen LogP contribution in [0.3, 0.4) is 0 Å². The number of hydrogen-bond donors (Lipinski definition) is 2. The van der Waals surface area contributed by atoms with Crippen molar-refractivity contribution in [1.29, 1.82) is 0 Å². The van der Waals surface area contributed by atoms with Gasteiger partial charge in [0.1, 0.15) is 28.8 Å². The Morgan fingerprint density at radius 3 is 2.50 bits per heavy atom. The summed E-state index contributed by atoms with van der Waals surface area (Å²) in [7, 11) is 1.59. The van der Waals surface area contributed by atoms with E-state index >= 15 is 0 Å². The van der Waals surface area contributed by atoms with Crippen molar-refractivity contribution < 1.29 is 18.3 Å². The third-order valence-electron chi connectivity index (χ3n) is 4.85.